The summed E-state index contributed by atoms with van der Waals surface area (Å²) in [6, 6.07) is 8.31. The van der Waals surface area contributed by atoms with Gasteiger partial charge in [-0.25, -0.2) is 9.78 Å². The normalized spacial score (nSPS) is 15.3. The van der Waals surface area contributed by atoms with E-state index in [1.54, 1.807) is 11.2 Å². The van der Waals surface area contributed by atoms with Crippen molar-refractivity contribution in [2.75, 3.05) is 13.1 Å². The van der Waals surface area contributed by atoms with Gasteiger partial charge in [-0.2, -0.15) is 5.10 Å². The lowest BCUT2D eigenvalue weighted by molar-refractivity contribution is 0.0270. The number of rotatable bonds is 7. The Kier molecular flexibility index (Phi) is 7.72. The third-order valence-corrected chi connectivity index (χ3v) is 10.3. The first-order valence-corrected chi connectivity index (χ1v) is 15.1. The minimum Gasteiger partial charge on any atom is -0.444 e. The average Bonchev–Trinajstić information content (AvgIpc) is 3.21. The summed E-state index contributed by atoms with van der Waals surface area (Å²) in [5.41, 5.74) is 2.90. The Morgan fingerprint density at radius 1 is 1.12 bits per heavy atom. The second-order valence-electron chi connectivity index (χ2n) is 11.4. The van der Waals surface area contributed by atoms with Crippen LogP contribution in [0, 0.1) is 0 Å². The van der Waals surface area contributed by atoms with Gasteiger partial charge in [0.1, 0.15) is 11.9 Å². The van der Waals surface area contributed by atoms with Gasteiger partial charge in [0.2, 0.25) is 0 Å². The second-order valence-corrected chi connectivity index (χ2v) is 15.8. The lowest BCUT2D eigenvalue weighted by atomic mass is 9.98. The van der Waals surface area contributed by atoms with Crippen LogP contribution in [0.25, 0.3) is 17.0 Å². The van der Waals surface area contributed by atoms with E-state index in [4.69, 9.17) is 4.74 Å². The van der Waals surface area contributed by atoms with Crippen molar-refractivity contribution in [2.45, 2.75) is 84.2 Å². The SMILES string of the molecule is CC(C)(C)OC(=O)N1CC=C(c2ccc(-c3ncn(CCCC(C)(C)[Si](C)(C)O)n3)cc2)CC1. The third-order valence-electron chi connectivity index (χ3n) is 6.76. The van der Waals surface area contributed by atoms with Gasteiger partial charge in [-0.15, -0.1) is 0 Å². The number of ether oxygens (including phenoxy) is 1. The predicted molar refractivity (Wildman–Crippen MR) is 139 cm³/mol. The monoisotopic (exact) mass is 484 g/mol. The number of amides is 1. The van der Waals surface area contributed by atoms with E-state index < -0.39 is 13.9 Å². The number of hydrogen-bond acceptors (Lipinski definition) is 5. The van der Waals surface area contributed by atoms with Crippen molar-refractivity contribution in [2.24, 2.45) is 0 Å². The van der Waals surface area contributed by atoms with Gasteiger partial charge in [-0.1, -0.05) is 44.2 Å². The van der Waals surface area contributed by atoms with Crippen molar-refractivity contribution < 1.29 is 14.3 Å². The maximum Gasteiger partial charge on any atom is 0.410 e. The summed E-state index contributed by atoms with van der Waals surface area (Å²) < 4.78 is 7.36. The van der Waals surface area contributed by atoms with E-state index in [2.05, 4.69) is 54.3 Å². The van der Waals surface area contributed by atoms with Crippen LogP contribution < -0.4 is 0 Å². The molecule has 0 radical (unpaired) electrons. The van der Waals surface area contributed by atoms with Crippen LogP contribution in [0.4, 0.5) is 4.79 Å². The zero-order valence-corrected chi connectivity index (χ0v) is 22.8. The summed E-state index contributed by atoms with van der Waals surface area (Å²) in [5.74, 6) is 0.719. The van der Waals surface area contributed by atoms with Gasteiger partial charge in [0.25, 0.3) is 0 Å². The highest BCUT2D eigenvalue weighted by Gasteiger charge is 2.37. The summed E-state index contributed by atoms with van der Waals surface area (Å²) in [5, 5.41) is 4.62. The first kappa shape index (κ1) is 26.2. The number of aryl methyl sites for hydroxylation is 1. The molecule has 1 amide bonds. The fourth-order valence-electron chi connectivity index (χ4n) is 3.78. The Hall–Kier alpha value is -2.45. The number of carbonyl (C=O) groups is 1. The van der Waals surface area contributed by atoms with E-state index in [0.29, 0.717) is 13.1 Å². The molecule has 34 heavy (non-hydrogen) atoms. The zero-order valence-electron chi connectivity index (χ0n) is 21.8. The molecule has 0 unspecified atom stereocenters. The summed E-state index contributed by atoms with van der Waals surface area (Å²) in [7, 11) is -2.19. The first-order valence-electron chi connectivity index (χ1n) is 12.1. The first-order chi connectivity index (χ1) is 15.7. The van der Waals surface area contributed by atoms with Crippen molar-refractivity contribution in [1.82, 2.24) is 19.7 Å². The number of aromatic nitrogens is 3. The highest BCUT2D eigenvalue weighted by atomic mass is 28.4. The molecular weight excluding hydrogens is 444 g/mol. The second kappa shape index (κ2) is 10.0. The van der Waals surface area contributed by atoms with E-state index in [-0.39, 0.29) is 11.1 Å². The fourth-order valence-corrected chi connectivity index (χ4v) is 4.57. The lowest BCUT2D eigenvalue weighted by Gasteiger charge is -2.35. The Morgan fingerprint density at radius 2 is 1.76 bits per heavy atom. The van der Waals surface area contributed by atoms with Crippen molar-refractivity contribution in [3.8, 4) is 11.4 Å². The largest absolute Gasteiger partial charge is 0.444 e. The molecule has 7 nitrogen and oxygen atoms in total. The molecule has 1 aromatic heterocycles. The molecule has 1 aliphatic rings. The van der Waals surface area contributed by atoms with Gasteiger partial charge in [-0.05, 0) is 69.3 Å². The maximum absolute atomic E-state index is 12.3. The van der Waals surface area contributed by atoms with Gasteiger partial charge in [0, 0.05) is 25.2 Å². The molecule has 0 fully saturated rings. The average molecular weight is 485 g/mol. The number of nitrogens with zero attached hydrogens (tertiary/aromatic N) is 4. The van der Waals surface area contributed by atoms with E-state index in [0.717, 1.165) is 42.8 Å². The van der Waals surface area contributed by atoms with E-state index in [1.165, 1.54) is 5.57 Å². The van der Waals surface area contributed by atoms with Crippen molar-refractivity contribution in [1.29, 1.82) is 0 Å². The Balaban J connectivity index is 1.56. The molecule has 0 saturated heterocycles. The van der Waals surface area contributed by atoms with Gasteiger partial charge in [0.05, 0.1) is 0 Å². The molecule has 2 heterocycles. The van der Waals surface area contributed by atoms with E-state index >= 15 is 0 Å². The topological polar surface area (TPSA) is 80.5 Å². The molecule has 1 aromatic carbocycles. The zero-order chi connectivity index (χ0) is 25.1. The van der Waals surface area contributed by atoms with Crippen LogP contribution >= 0.6 is 0 Å². The highest BCUT2D eigenvalue weighted by molar-refractivity contribution is 6.72. The molecule has 8 heteroatoms. The lowest BCUT2D eigenvalue weighted by Crippen LogP contribution is -2.39. The molecule has 186 valence electrons. The molecule has 0 saturated carbocycles. The molecule has 2 aromatic rings. The van der Waals surface area contributed by atoms with Gasteiger partial charge >= 0.3 is 6.09 Å². The van der Waals surface area contributed by atoms with Crippen LogP contribution in [0.1, 0.15) is 59.4 Å². The molecule has 3 rings (SSSR count). The molecule has 0 bridgehead atoms. The summed E-state index contributed by atoms with van der Waals surface area (Å²) in [6.07, 6.45) is 6.36. The van der Waals surface area contributed by atoms with Crippen LogP contribution in [0.5, 0.6) is 0 Å². The van der Waals surface area contributed by atoms with Crippen LogP contribution in [-0.2, 0) is 11.3 Å². The Morgan fingerprint density at radius 3 is 2.32 bits per heavy atom. The fraction of sp³-hybridized carbons (Fsp3) is 0.577. The number of carbonyl (C=O) groups excluding carboxylic acids is 1. The smallest absolute Gasteiger partial charge is 0.410 e. The molecule has 1 aliphatic heterocycles. The Labute approximate surface area is 205 Å². The van der Waals surface area contributed by atoms with Gasteiger partial charge in [0.15, 0.2) is 14.1 Å². The summed E-state index contributed by atoms with van der Waals surface area (Å²) in [6.45, 7) is 16.0. The number of hydrogen-bond donors (Lipinski definition) is 1. The van der Waals surface area contributed by atoms with Crippen LogP contribution in [0.3, 0.4) is 0 Å². The van der Waals surface area contributed by atoms with Crippen molar-refractivity contribution in [3.63, 3.8) is 0 Å². The van der Waals surface area contributed by atoms with Gasteiger partial charge < -0.3 is 14.4 Å². The minimum atomic E-state index is -2.19. The molecule has 0 aliphatic carbocycles. The van der Waals surface area contributed by atoms with E-state index in [1.807, 2.05) is 38.5 Å². The van der Waals surface area contributed by atoms with Crippen molar-refractivity contribution >= 4 is 20.0 Å². The van der Waals surface area contributed by atoms with Crippen LogP contribution in [0.15, 0.2) is 36.7 Å². The third kappa shape index (κ3) is 6.79. The van der Waals surface area contributed by atoms with Crippen LogP contribution in [0.2, 0.25) is 18.1 Å². The Bertz CT molecular complexity index is 1010. The summed E-state index contributed by atoms with van der Waals surface area (Å²) in [4.78, 5) is 29.0. The standard InChI is InChI=1S/C26H40N4O3Si/c1-25(2,3)33-24(31)29-17-13-21(14-18-29)20-9-11-22(12-10-20)23-27-19-30(28-23)16-8-15-26(4,5)34(6,7)32/h9-13,19,32H,8,14-18H2,1-7H3. The highest BCUT2D eigenvalue weighted by Crippen LogP contribution is 2.39. The minimum absolute atomic E-state index is 0.0238. The predicted octanol–water partition coefficient (Wildman–Crippen LogP) is 5.73. The molecule has 0 atom stereocenters. The van der Waals surface area contributed by atoms with Gasteiger partial charge in [-0.3, -0.25) is 4.68 Å². The van der Waals surface area contributed by atoms with Crippen molar-refractivity contribution in [3.05, 3.63) is 42.2 Å². The maximum atomic E-state index is 12.3. The molecule has 1 N–H and O–H groups in total. The van der Waals surface area contributed by atoms with E-state index in [9.17, 15) is 9.59 Å². The molecule has 0 spiro atoms. The number of benzene rings is 1. The quantitative estimate of drug-likeness (QED) is 0.508. The van der Waals surface area contributed by atoms with Crippen LogP contribution in [-0.4, -0.2) is 57.6 Å². The molecular formula is C26H40N4O3Si. The summed E-state index contributed by atoms with van der Waals surface area (Å²) >= 11 is 0.